The molecule has 0 radical (unpaired) electrons. The maximum absolute atomic E-state index is 14.9. The first-order chi connectivity index (χ1) is 21.2. The highest BCUT2D eigenvalue weighted by Crippen LogP contribution is 2.54. The molecule has 9 nitrogen and oxygen atoms in total. The summed E-state index contributed by atoms with van der Waals surface area (Å²) in [6, 6.07) is 16.6. The zero-order chi connectivity index (χ0) is 32.7. The topological polar surface area (TPSA) is 98.6 Å². The Morgan fingerprint density at radius 2 is 1.44 bits per heavy atom. The number of carboxylic acid groups (broad SMARTS) is 1. The van der Waals surface area contributed by atoms with Crippen LogP contribution in [0.2, 0.25) is 10.0 Å². The number of rotatable bonds is 5. The quantitative estimate of drug-likeness (QED) is 0.310. The number of aromatic nitrogens is 1. The SMILES string of the molecule is CCOc1cc(C(C)(C)C)ncc1C1=N[C@@](C)(c2ccc(Cl)cc2)[C@@](C)(c2ccc(Cl)cc2)N1C(=O)N1CCN(C(=O)O)CC1. The van der Waals surface area contributed by atoms with Crippen LogP contribution in [0, 0.1) is 0 Å². The number of hydrogen-bond donors (Lipinski definition) is 1. The minimum Gasteiger partial charge on any atom is -0.493 e. The Hall–Kier alpha value is -3.82. The van der Waals surface area contributed by atoms with Crippen LogP contribution in [0.3, 0.4) is 0 Å². The number of piperazine rings is 1. The molecule has 45 heavy (non-hydrogen) atoms. The number of amidine groups is 1. The minimum atomic E-state index is -1.08. The Morgan fingerprint density at radius 1 is 0.911 bits per heavy atom. The fourth-order valence-electron chi connectivity index (χ4n) is 6.09. The van der Waals surface area contributed by atoms with Crippen molar-refractivity contribution in [3.8, 4) is 5.75 Å². The Balaban J connectivity index is 1.76. The molecule has 2 aliphatic rings. The van der Waals surface area contributed by atoms with Crippen LogP contribution in [0.15, 0.2) is 65.8 Å². The van der Waals surface area contributed by atoms with E-state index in [9.17, 15) is 14.7 Å². The van der Waals surface area contributed by atoms with Crippen molar-refractivity contribution in [2.45, 2.75) is 58.0 Å². The molecular weight excluding hydrogens is 613 g/mol. The number of amides is 3. The van der Waals surface area contributed by atoms with E-state index in [1.54, 1.807) is 16.0 Å². The zero-order valence-corrected chi connectivity index (χ0v) is 28.0. The number of carbonyl (C=O) groups excluding carboxylic acids is 1. The maximum atomic E-state index is 14.9. The molecule has 11 heteroatoms. The van der Waals surface area contributed by atoms with Gasteiger partial charge in [-0.05, 0) is 56.2 Å². The summed E-state index contributed by atoms with van der Waals surface area (Å²) in [7, 11) is 0. The smallest absolute Gasteiger partial charge is 0.407 e. The molecular formula is C34H39Cl2N5O4. The lowest BCUT2D eigenvalue weighted by molar-refractivity contribution is 0.0822. The molecule has 3 aromatic rings. The molecule has 0 bridgehead atoms. The molecule has 0 aliphatic carbocycles. The van der Waals surface area contributed by atoms with Crippen molar-refractivity contribution in [1.29, 1.82) is 0 Å². The van der Waals surface area contributed by atoms with Gasteiger partial charge in [-0.3, -0.25) is 14.9 Å². The number of hydrogen-bond acceptors (Lipinski definition) is 5. The molecule has 0 spiro atoms. The molecule has 3 amide bonds. The number of ether oxygens (including phenoxy) is 1. The predicted molar refractivity (Wildman–Crippen MR) is 177 cm³/mol. The molecule has 1 fully saturated rings. The summed E-state index contributed by atoms with van der Waals surface area (Å²) in [5.41, 5.74) is 0.774. The molecule has 238 valence electrons. The van der Waals surface area contributed by atoms with Crippen LogP contribution in [0.1, 0.15) is 63.9 Å². The lowest BCUT2D eigenvalue weighted by Gasteiger charge is -2.47. The minimum absolute atomic E-state index is 0.208. The van der Waals surface area contributed by atoms with E-state index in [0.717, 1.165) is 16.8 Å². The lowest BCUT2D eigenvalue weighted by Crippen LogP contribution is -2.61. The maximum Gasteiger partial charge on any atom is 0.407 e. The normalized spacial score (nSPS) is 22.0. The highest BCUT2D eigenvalue weighted by molar-refractivity contribution is 6.30. The summed E-state index contributed by atoms with van der Waals surface area (Å²) in [5, 5.41) is 10.7. The van der Waals surface area contributed by atoms with E-state index < -0.39 is 17.2 Å². The Bertz CT molecular complexity index is 1610. The van der Waals surface area contributed by atoms with Gasteiger partial charge in [-0.25, -0.2) is 9.59 Å². The highest BCUT2D eigenvalue weighted by Gasteiger charge is 2.60. The van der Waals surface area contributed by atoms with Crippen molar-refractivity contribution in [2.75, 3.05) is 32.8 Å². The van der Waals surface area contributed by atoms with E-state index in [0.29, 0.717) is 33.8 Å². The van der Waals surface area contributed by atoms with Crippen LogP contribution in [-0.2, 0) is 16.5 Å². The summed E-state index contributed by atoms with van der Waals surface area (Å²) in [4.78, 5) is 41.5. The number of halogens is 2. The fraction of sp³-hybridized carbons (Fsp3) is 0.412. The average Bonchev–Trinajstić information content (AvgIpc) is 3.25. The predicted octanol–water partition coefficient (Wildman–Crippen LogP) is 7.39. The molecule has 2 aliphatic heterocycles. The van der Waals surface area contributed by atoms with Crippen molar-refractivity contribution in [3.05, 3.63) is 93.2 Å². The molecule has 5 rings (SSSR count). The van der Waals surface area contributed by atoms with Gasteiger partial charge in [0, 0.05) is 59.6 Å². The van der Waals surface area contributed by atoms with Crippen LogP contribution >= 0.6 is 23.2 Å². The molecule has 0 saturated carbocycles. The van der Waals surface area contributed by atoms with Crippen LogP contribution < -0.4 is 4.74 Å². The Labute approximate surface area is 274 Å². The molecule has 1 aromatic heterocycles. The standard InChI is InChI=1S/C34H39Cl2N5O4/c1-7-45-27-20-28(32(2,3)4)37-21-26(27)29-38-33(5,22-8-12-24(35)13-9-22)34(6,23-10-14-25(36)15-11-23)41(29)30(42)39-16-18-40(19-17-39)31(43)44/h8-15,20-21H,7,16-19H2,1-6H3,(H,43,44)/t33-,34+/m0/s1. The van der Waals surface area contributed by atoms with Gasteiger partial charge >= 0.3 is 12.1 Å². The Kier molecular flexibility index (Phi) is 8.81. The van der Waals surface area contributed by atoms with Gasteiger partial charge in [0.25, 0.3) is 0 Å². The second-order valence-corrected chi connectivity index (χ2v) is 13.6. The van der Waals surface area contributed by atoms with Gasteiger partial charge in [0.15, 0.2) is 0 Å². The second kappa shape index (κ2) is 12.2. The average molecular weight is 653 g/mol. The van der Waals surface area contributed by atoms with Crippen molar-refractivity contribution < 1.29 is 19.4 Å². The van der Waals surface area contributed by atoms with Crippen LogP contribution in [0.25, 0.3) is 0 Å². The van der Waals surface area contributed by atoms with Crippen LogP contribution in [-0.4, -0.2) is 75.5 Å². The van der Waals surface area contributed by atoms with Gasteiger partial charge in [-0.15, -0.1) is 0 Å². The zero-order valence-electron chi connectivity index (χ0n) is 26.5. The van der Waals surface area contributed by atoms with Gasteiger partial charge < -0.3 is 19.6 Å². The number of aliphatic imine (C=N–C) groups is 1. The van der Waals surface area contributed by atoms with E-state index in [4.69, 9.17) is 37.9 Å². The van der Waals surface area contributed by atoms with E-state index >= 15 is 0 Å². The molecule has 1 saturated heterocycles. The molecule has 2 atom stereocenters. The fourth-order valence-corrected chi connectivity index (χ4v) is 6.34. The largest absolute Gasteiger partial charge is 0.493 e. The lowest BCUT2D eigenvalue weighted by atomic mass is 9.71. The van der Waals surface area contributed by atoms with E-state index in [2.05, 4.69) is 20.8 Å². The number of urea groups is 1. The molecule has 3 heterocycles. The number of nitrogens with zero attached hydrogens (tertiary/aromatic N) is 5. The first-order valence-electron chi connectivity index (χ1n) is 15.0. The van der Waals surface area contributed by atoms with E-state index in [1.807, 2.05) is 75.4 Å². The summed E-state index contributed by atoms with van der Waals surface area (Å²) in [6.07, 6.45) is 0.737. The third-order valence-corrected chi connectivity index (χ3v) is 9.44. The van der Waals surface area contributed by atoms with Crippen LogP contribution in [0.4, 0.5) is 9.59 Å². The van der Waals surface area contributed by atoms with Gasteiger partial charge in [-0.1, -0.05) is 68.2 Å². The van der Waals surface area contributed by atoms with Crippen molar-refractivity contribution in [1.82, 2.24) is 19.7 Å². The summed E-state index contributed by atoms with van der Waals surface area (Å²) in [6.45, 7) is 13.5. The van der Waals surface area contributed by atoms with Gasteiger partial charge in [0.1, 0.15) is 22.7 Å². The van der Waals surface area contributed by atoms with Gasteiger partial charge in [0.2, 0.25) is 0 Å². The summed E-state index contributed by atoms with van der Waals surface area (Å²) in [5.74, 6) is 0.982. The molecule has 2 aromatic carbocycles. The van der Waals surface area contributed by atoms with E-state index in [-0.39, 0.29) is 37.6 Å². The molecule has 1 N–H and O–H groups in total. The van der Waals surface area contributed by atoms with Gasteiger partial charge in [-0.2, -0.15) is 0 Å². The van der Waals surface area contributed by atoms with Crippen molar-refractivity contribution in [2.24, 2.45) is 4.99 Å². The number of benzene rings is 2. The van der Waals surface area contributed by atoms with Crippen LogP contribution in [0.5, 0.6) is 5.75 Å². The summed E-state index contributed by atoms with van der Waals surface area (Å²) >= 11 is 12.7. The third kappa shape index (κ3) is 5.84. The first kappa shape index (κ1) is 32.6. The number of carbonyl (C=O) groups is 2. The molecule has 0 unspecified atom stereocenters. The first-order valence-corrected chi connectivity index (χ1v) is 15.8. The monoisotopic (exact) mass is 651 g/mol. The van der Waals surface area contributed by atoms with E-state index in [1.165, 1.54) is 4.90 Å². The van der Waals surface area contributed by atoms with Crippen molar-refractivity contribution in [3.63, 3.8) is 0 Å². The Morgan fingerprint density at radius 3 is 1.96 bits per heavy atom. The second-order valence-electron chi connectivity index (χ2n) is 12.7. The number of pyridine rings is 1. The van der Waals surface area contributed by atoms with Gasteiger partial charge in [0.05, 0.1) is 12.2 Å². The third-order valence-electron chi connectivity index (χ3n) is 8.94. The highest BCUT2D eigenvalue weighted by atomic mass is 35.5. The van der Waals surface area contributed by atoms with Crippen molar-refractivity contribution >= 4 is 41.2 Å². The summed E-state index contributed by atoms with van der Waals surface area (Å²) < 4.78 is 6.20.